The van der Waals surface area contributed by atoms with Crippen LogP contribution in [0.5, 0.6) is 0 Å². The minimum Gasteiger partial charge on any atom is -0.366 e. The number of aromatic nitrogens is 5. The van der Waals surface area contributed by atoms with Gasteiger partial charge in [0.05, 0.1) is 23.1 Å². The van der Waals surface area contributed by atoms with Gasteiger partial charge in [0.25, 0.3) is 11.5 Å². The fraction of sp³-hybridized carbons (Fsp3) is 0.375. The predicted octanol–water partition coefficient (Wildman–Crippen LogP) is 2.88. The molecule has 5 rings (SSSR count). The van der Waals surface area contributed by atoms with Crippen molar-refractivity contribution < 1.29 is 9.18 Å². The summed E-state index contributed by atoms with van der Waals surface area (Å²) >= 11 is 1.22. The van der Waals surface area contributed by atoms with E-state index in [1.165, 1.54) is 39.9 Å². The van der Waals surface area contributed by atoms with Crippen LogP contribution in [0.15, 0.2) is 39.4 Å². The average molecular weight is 512 g/mol. The Bertz CT molecular complexity index is 1600. The molecule has 1 aliphatic heterocycles. The van der Waals surface area contributed by atoms with Crippen LogP contribution in [0.4, 0.5) is 15.2 Å². The molecule has 0 unspecified atom stereocenters. The Kier molecular flexibility index (Phi) is 5.99. The molecule has 3 aromatic heterocycles. The monoisotopic (exact) mass is 511 g/mol. The van der Waals surface area contributed by atoms with Gasteiger partial charge in [-0.15, -0.1) is 11.3 Å². The Morgan fingerprint density at radius 3 is 2.72 bits per heavy atom. The van der Waals surface area contributed by atoms with Crippen molar-refractivity contribution in [3.05, 3.63) is 56.4 Å². The molecular formula is C24H26FN7O3S. The van der Waals surface area contributed by atoms with Gasteiger partial charge >= 0.3 is 5.69 Å². The molecule has 36 heavy (non-hydrogen) atoms. The number of carbonyl (C=O) groups is 1. The lowest BCUT2D eigenvalue weighted by atomic mass is 10.1. The second kappa shape index (κ2) is 9.01. The van der Waals surface area contributed by atoms with Gasteiger partial charge in [0.2, 0.25) is 0 Å². The van der Waals surface area contributed by atoms with Gasteiger partial charge in [0, 0.05) is 37.6 Å². The number of hydrogen-bond acceptors (Lipinski definition) is 7. The highest BCUT2D eigenvalue weighted by molar-refractivity contribution is 7.14. The van der Waals surface area contributed by atoms with Gasteiger partial charge in [-0.2, -0.15) is 5.10 Å². The summed E-state index contributed by atoms with van der Waals surface area (Å²) < 4.78 is 18.5. The summed E-state index contributed by atoms with van der Waals surface area (Å²) in [5, 5.41) is 9.04. The topological polar surface area (TPSA) is 107 Å². The molecule has 12 heteroatoms. The maximum Gasteiger partial charge on any atom is 0.331 e. The van der Waals surface area contributed by atoms with Gasteiger partial charge in [-0.05, 0) is 38.8 Å². The van der Waals surface area contributed by atoms with Gasteiger partial charge in [-0.3, -0.25) is 18.7 Å². The summed E-state index contributed by atoms with van der Waals surface area (Å²) in [7, 11) is 2.92. The SMILES string of the molecule is C[C@H]1CCCN1c1ccc(-c2csc(NC(=O)[C@H](C)n3ncc4c3c(=O)n(C)c(=O)n4C)n2)cc1F. The zero-order valence-corrected chi connectivity index (χ0v) is 21.2. The standard InChI is InChI=1S/C24H26FN7O3S/c1-13-6-5-9-31(13)18-8-7-15(10-16(18)25)17-12-36-23(27-17)28-21(33)14(2)32-20-19(11-26-32)29(3)24(35)30(4)22(20)34/h7-8,10-14H,5-6,9H2,1-4H3,(H,27,28,33)/t13-,14-/m0/s1. The van der Waals surface area contributed by atoms with Crippen LogP contribution in [0.25, 0.3) is 22.3 Å². The summed E-state index contributed by atoms with van der Waals surface area (Å²) in [4.78, 5) is 44.4. The van der Waals surface area contributed by atoms with Crippen molar-refractivity contribution in [2.45, 2.75) is 38.8 Å². The van der Waals surface area contributed by atoms with E-state index in [0.29, 0.717) is 33.6 Å². The lowest BCUT2D eigenvalue weighted by Gasteiger charge is -2.24. The summed E-state index contributed by atoms with van der Waals surface area (Å²) in [6, 6.07) is 4.55. The van der Waals surface area contributed by atoms with Crippen LogP contribution in [0, 0.1) is 5.82 Å². The first-order chi connectivity index (χ1) is 17.2. The molecule has 1 N–H and O–H groups in total. The van der Waals surface area contributed by atoms with Crippen molar-refractivity contribution in [2.75, 3.05) is 16.8 Å². The number of thiazole rings is 1. The second-order valence-corrected chi connectivity index (χ2v) is 9.94. The molecule has 1 saturated heterocycles. The highest BCUT2D eigenvalue weighted by Gasteiger charge is 2.25. The number of nitrogens with one attached hydrogen (secondary N) is 1. The Balaban J connectivity index is 1.36. The highest BCUT2D eigenvalue weighted by Crippen LogP contribution is 2.32. The van der Waals surface area contributed by atoms with Crippen LogP contribution < -0.4 is 21.5 Å². The van der Waals surface area contributed by atoms with Crippen molar-refractivity contribution in [3.63, 3.8) is 0 Å². The number of anilines is 2. The highest BCUT2D eigenvalue weighted by atomic mass is 32.1. The third-order valence-electron chi connectivity index (χ3n) is 6.81. The van der Waals surface area contributed by atoms with Gasteiger partial charge in [0.15, 0.2) is 10.6 Å². The van der Waals surface area contributed by atoms with E-state index in [9.17, 15) is 18.8 Å². The van der Waals surface area contributed by atoms with E-state index in [2.05, 4.69) is 27.2 Å². The average Bonchev–Trinajstić information content (AvgIpc) is 3.61. The molecule has 1 fully saturated rings. The van der Waals surface area contributed by atoms with Crippen molar-refractivity contribution in [1.29, 1.82) is 0 Å². The maximum absolute atomic E-state index is 14.9. The third-order valence-corrected chi connectivity index (χ3v) is 7.56. The fourth-order valence-electron chi connectivity index (χ4n) is 4.65. The molecule has 0 saturated carbocycles. The largest absolute Gasteiger partial charge is 0.366 e. The molecule has 0 bridgehead atoms. The number of hydrogen-bond donors (Lipinski definition) is 1. The lowest BCUT2D eigenvalue weighted by Crippen LogP contribution is -2.38. The molecule has 2 atom stereocenters. The van der Waals surface area contributed by atoms with Crippen LogP contribution >= 0.6 is 11.3 Å². The van der Waals surface area contributed by atoms with E-state index in [1.807, 2.05) is 6.07 Å². The van der Waals surface area contributed by atoms with Gasteiger partial charge in [0.1, 0.15) is 11.9 Å². The summed E-state index contributed by atoms with van der Waals surface area (Å²) in [5.74, 6) is -0.726. The quantitative estimate of drug-likeness (QED) is 0.442. The van der Waals surface area contributed by atoms with Crippen LogP contribution in [0.3, 0.4) is 0 Å². The number of fused-ring (bicyclic) bond motifs is 1. The predicted molar refractivity (Wildman–Crippen MR) is 137 cm³/mol. The zero-order valence-electron chi connectivity index (χ0n) is 20.4. The minimum atomic E-state index is -0.848. The number of nitrogens with zero attached hydrogens (tertiary/aromatic N) is 6. The van der Waals surface area contributed by atoms with Crippen molar-refractivity contribution in [3.8, 4) is 11.3 Å². The fourth-order valence-corrected chi connectivity index (χ4v) is 5.37. The smallest absolute Gasteiger partial charge is 0.331 e. The molecule has 0 aliphatic carbocycles. The number of amides is 1. The first kappa shape index (κ1) is 23.9. The third kappa shape index (κ3) is 3.91. The summed E-state index contributed by atoms with van der Waals surface area (Å²) in [6.45, 7) is 4.55. The first-order valence-electron chi connectivity index (χ1n) is 11.6. The second-order valence-electron chi connectivity index (χ2n) is 9.08. The molecule has 1 aromatic carbocycles. The molecule has 10 nitrogen and oxygen atoms in total. The van der Waals surface area contributed by atoms with E-state index in [4.69, 9.17) is 0 Å². The Labute approximate surface area is 209 Å². The van der Waals surface area contributed by atoms with E-state index >= 15 is 0 Å². The van der Waals surface area contributed by atoms with Gasteiger partial charge in [-0.1, -0.05) is 6.07 Å². The minimum absolute atomic E-state index is 0.157. The lowest BCUT2D eigenvalue weighted by molar-refractivity contribution is -0.119. The van der Waals surface area contributed by atoms with Gasteiger partial charge in [-0.25, -0.2) is 18.9 Å². The van der Waals surface area contributed by atoms with Crippen LogP contribution in [-0.4, -0.2) is 42.4 Å². The number of halogens is 1. The molecular weight excluding hydrogens is 485 g/mol. The van der Waals surface area contributed by atoms with Crippen LogP contribution in [0.1, 0.15) is 32.7 Å². The van der Waals surface area contributed by atoms with Crippen LogP contribution in [-0.2, 0) is 18.9 Å². The number of carbonyl (C=O) groups excluding carboxylic acids is 1. The summed E-state index contributed by atoms with van der Waals surface area (Å²) in [5.41, 5.74) is 1.26. The van der Waals surface area contributed by atoms with E-state index in [0.717, 1.165) is 24.0 Å². The van der Waals surface area contributed by atoms with Crippen molar-refractivity contribution in [1.82, 2.24) is 23.9 Å². The first-order valence-corrected chi connectivity index (χ1v) is 12.5. The van der Waals surface area contributed by atoms with Crippen molar-refractivity contribution >= 4 is 39.1 Å². The zero-order chi connectivity index (χ0) is 25.7. The number of benzene rings is 1. The Morgan fingerprint density at radius 2 is 2.03 bits per heavy atom. The molecule has 188 valence electrons. The van der Waals surface area contributed by atoms with E-state index in [1.54, 1.807) is 25.4 Å². The van der Waals surface area contributed by atoms with E-state index in [-0.39, 0.29) is 11.3 Å². The molecule has 1 amide bonds. The number of aryl methyl sites for hydroxylation is 1. The Morgan fingerprint density at radius 1 is 1.25 bits per heavy atom. The van der Waals surface area contributed by atoms with Crippen molar-refractivity contribution in [2.24, 2.45) is 14.1 Å². The molecule has 0 spiro atoms. The molecule has 4 heterocycles. The van der Waals surface area contributed by atoms with Crippen LogP contribution in [0.2, 0.25) is 0 Å². The maximum atomic E-state index is 14.9. The van der Waals surface area contributed by atoms with Gasteiger partial charge < -0.3 is 10.2 Å². The summed E-state index contributed by atoms with van der Waals surface area (Å²) in [6.07, 6.45) is 3.50. The Hall–Kier alpha value is -3.80. The molecule has 4 aromatic rings. The molecule has 1 aliphatic rings. The number of rotatable bonds is 5. The normalized spacial score (nSPS) is 16.6. The van der Waals surface area contributed by atoms with E-state index < -0.39 is 23.2 Å². The molecule has 0 radical (unpaired) electrons.